The molecule has 0 saturated heterocycles. The van der Waals surface area contributed by atoms with Gasteiger partial charge in [-0.3, -0.25) is 0 Å². The fourth-order valence-corrected chi connectivity index (χ4v) is 6.73. The average molecular weight is 297 g/mol. The summed E-state index contributed by atoms with van der Waals surface area (Å²) in [5, 5.41) is 9.92. The van der Waals surface area contributed by atoms with Gasteiger partial charge in [0, 0.05) is 10.8 Å². The first kappa shape index (κ1) is 16.3. The van der Waals surface area contributed by atoms with Crippen LogP contribution in [-0.4, -0.2) is 9.74 Å². The maximum atomic E-state index is 4.96. The van der Waals surface area contributed by atoms with Gasteiger partial charge in [0.2, 0.25) is 0 Å². The predicted molar refractivity (Wildman–Crippen MR) is 89.0 cm³/mol. The molecule has 20 heavy (non-hydrogen) atoms. The highest BCUT2D eigenvalue weighted by Gasteiger charge is 2.74. The fourth-order valence-electron chi connectivity index (χ4n) is 4.83. The summed E-state index contributed by atoms with van der Waals surface area (Å²) in [6, 6.07) is 0. The third-order valence-electron chi connectivity index (χ3n) is 5.38. The van der Waals surface area contributed by atoms with Gasteiger partial charge in [0.25, 0.3) is 0 Å². The van der Waals surface area contributed by atoms with E-state index < -0.39 is 0 Å². The Kier molecular flexibility index (Phi) is 3.12. The van der Waals surface area contributed by atoms with E-state index in [0.29, 0.717) is 0 Å². The highest BCUT2D eigenvalue weighted by molar-refractivity contribution is 8.02. The monoisotopic (exact) mass is 296 g/mol. The first-order valence-electron chi connectivity index (χ1n) is 7.76. The zero-order chi connectivity index (χ0) is 15.8. The van der Waals surface area contributed by atoms with Crippen molar-refractivity contribution in [1.82, 2.24) is 0 Å². The van der Waals surface area contributed by atoms with Crippen LogP contribution in [0.3, 0.4) is 0 Å². The molecule has 0 aromatic carbocycles. The van der Waals surface area contributed by atoms with Crippen molar-refractivity contribution in [2.75, 3.05) is 0 Å². The van der Waals surface area contributed by atoms with Gasteiger partial charge in [-0.2, -0.15) is 10.2 Å². The molecule has 0 radical (unpaired) electrons. The molecule has 0 aromatic rings. The maximum absolute atomic E-state index is 4.96. The summed E-state index contributed by atoms with van der Waals surface area (Å²) in [6.45, 7) is 23.3. The lowest BCUT2D eigenvalue weighted by molar-refractivity contribution is -0.0428. The first-order valence-corrected chi connectivity index (χ1v) is 8.58. The Labute approximate surface area is 129 Å². The highest BCUT2D eigenvalue weighted by Crippen LogP contribution is 2.77. The molecule has 2 aliphatic rings. The van der Waals surface area contributed by atoms with E-state index >= 15 is 0 Å². The third-order valence-corrected chi connectivity index (χ3v) is 8.46. The molecule has 1 fully saturated rings. The molecule has 1 aliphatic heterocycles. The molecule has 0 aromatic heterocycles. The Hall–Kier alpha value is -0.0500. The second kappa shape index (κ2) is 3.83. The van der Waals surface area contributed by atoms with Crippen molar-refractivity contribution < 1.29 is 0 Å². The molecule has 1 aliphatic carbocycles. The van der Waals surface area contributed by atoms with Crippen molar-refractivity contribution >= 4 is 11.8 Å². The van der Waals surface area contributed by atoms with E-state index in [9.17, 15) is 0 Å². The zero-order valence-corrected chi connectivity index (χ0v) is 15.8. The topological polar surface area (TPSA) is 24.7 Å². The number of rotatable bonds is 0. The van der Waals surface area contributed by atoms with Crippen LogP contribution in [0, 0.1) is 21.7 Å². The molecule has 3 heteroatoms. The van der Waals surface area contributed by atoms with Gasteiger partial charge in [-0.25, -0.2) is 0 Å². The quantitative estimate of drug-likeness (QED) is 0.528. The van der Waals surface area contributed by atoms with E-state index in [1.165, 1.54) is 6.42 Å². The Morgan fingerprint density at radius 1 is 0.750 bits per heavy atom. The first-order chi connectivity index (χ1) is 8.62. The lowest BCUT2D eigenvalue weighted by atomic mass is 9.51. The van der Waals surface area contributed by atoms with Crippen LogP contribution < -0.4 is 0 Å². The average Bonchev–Trinajstić information content (AvgIpc) is 2.56. The van der Waals surface area contributed by atoms with Gasteiger partial charge in [-0.15, -0.1) is 0 Å². The molecule has 2 rings (SSSR count). The summed E-state index contributed by atoms with van der Waals surface area (Å²) in [6.07, 6.45) is 1.22. The van der Waals surface area contributed by atoms with Gasteiger partial charge < -0.3 is 0 Å². The molecule has 0 N–H and O–H groups in total. The van der Waals surface area contributed by atoms with Crippen molar-refractivity contribution in [3.63, 3.8) is 0 Å². The molecular formula is C17H32N2S. The Bertz CT molecular complexity index is 419. The molecule has 1 spiro atoms. The van der Waals surface area contributed by atoms with Gasteiger partial charge in [0.1, 0.15) is 9.74 Å². The number of hydrogen-bond acceptors (Lipinski definition) is 3. The summed E-state index contributed by atoms with van der Waals surface area (Å²) in [4.78, 5) is -0.227. The summed E-state index contributed by atoms with van der Waals surface area (Å²) in [7, 11) is 0. The van der Waals surface area contributed by atoms with E-state index in [0.717, 1.165) is 0 Å². The van der Waals surface area contributed by atoms with Crippen LogP contribution in [0.4, 0.5) is 0 Å². The summed E-state index contributed by atoms with van der Waals surface area (Å²) in [5.41, 5.74) is 0.626. The smallest absolute Gasteiger partial charge is 0.139 e. The normalized spacial score (nSPS) is 29.5. The van der Waals surface area contributed by atoms with Gasteiger partial charge >= 0.3 is 0 Å². The Balaban J connectivity index is 2.53. The maximum Gasteiger partial charge on any atom is 0.139 e. The molecule has 1 saturated carbocycles. The minimum Gasteiger partial charge on any atom is -0.174 e. The van der Waals surface area contributed by atoms with Crippen molar-refractivity contribution in [2.45, 2.75) is 85.4 Å². The summed E-state index contributed by atoms with van der Waals surface area (Å²) in [5.74, 6) is 0. The van der Waals surface area contributed by atoms with Gasteiger partial charge in [-0.05, 0) is 17.3 Å². The van der Waals surface area contributed by atoms with E-state index in [1.54, 1.807) is 0 Å². The van der Waals surface area contributed by atoms with Crippen LogP contribution in [0.5, 0.6) is 0 Å². The zero-order valence-electron chi connectivity index (χ0n) is 15.0. The Morgan fingerprint density at radius 2 is 1.15 bits per heavy atom. The highest BCUT2D eigenvalue weighted by atomic mass is 32.2. The van der Waals surface area contributed by atoms with Crippen LogP contribution in [0.25, 0.3) is 0 Å². The van der Waals surface area contributed by atoms with E-state index in [1.807, 2.05) is 11.8 Å². The third kappa shape index (κ3) is 1.71. The lowest BCUT2D eigenvalue weighted by Gasteiger charge is -2.64. The fraction of sp³-hybridized carbons (Fsp3) is 1.00. The standard InChI is InChI=1S/C17H32N2S/c1-12(2,3)16(13(4,5)6)18-19-17(20-16)14(7,8)11-15(17,9)10/h11H2,1-10H3. The minimum atomic E-state index is -0.158. The number of azo groups is 1. The molecule has 0 unspecified atom stereocenters. The van der Waals surface area contributed by atoms with Crippen molar-refractivity contribution in [3.8, 4) is 0 Å². The summed E-state index contributed by atoms with van der Waals surface area (Å²) < 4.78 is 0. The van der Waals surface area contributed by atoms with Crippen molar-refractivity contribution in [3.05, 3.63) is 0 Å². The van der Waals surface area contributed by atoms with E-state index in [4.69, 9.17) is 10.2 Å². The second-order valence-corrected chi connectivity index (χ2v) is 11.4. The van der Waals surface area contributed by atoms with Crippen LogP contribution in [-0.2, 0) is 0 Å². The SMILES string of the molecule is CC(C)(C)C1(C(C)(C)C)N=NC2(S1)C(C)(C)CC2(C)C. The van der Waals surface area contributed by atoms with Gasteiger partial charge in [0.15, 0.2) is 0 Å². The summed E-state index contributed by atoms with van der Waals surface area (Å²) >= 11 is 2.04. The molecule has 0 amide bonds. The van der Waals surface area contributed by atoms with E-state index in [-0.39, 0.29) is 31.4 Å². The Morgan fingerprint density at radius 3 is 1.35 bits per heavy atom. The van der Waals surface area contributed by atoms with Gasteiger partial charge in [0.05, 0.1) is 0 Å². The lowest BCUT2D eigenvalue weighted by Crippen LogP contribution is -2.64. The number of hydrogen-bond donors (Lipinski definition) is 0. The van der Waals surface area contributed by atoms with Crippen molar-refractivity contribution in [1.29, 1.82) is 0 Å². The largest absolute Gasteiger partial charge is 0.174 e. The predicted octanol–water partition coefficient (Wildman–Crippen LogP) is 6.13. The molecule has 0 bridgehead atoms. The minimum absolute atomic E-state index is 0.0689. The number of thioether (sulfide) groups is 1. The molecule has 0 atom stereocenters. The molecule has 1 heterocycles. The van der Waals surface area contributed by atoms with Crippen molar-refractivity contribution in [2.24, 2.45) is 31.9 Å². The van der Waals surface area contributed by atoms with Crippen LogP contribution in [0.15, 0.2) is 10.2 Å². The number of nitrogens with zero attached hydrogens (tertiary/aromatic N) is 2. The molecule has 116 valence electrons. The van der Waals surface area contributed by atoms with Crippen LogP contribution in [0.1, 0.15) is 75.7 Å². The van der Waals surface area contributed by atoms with Crippen LogP contribution in [0.2, 0.25) is 0 Å². The second-order valence-electron chi connectivity index (χ2n) is 10.0. The molecule has 2 nitrogen and oxygen atoms in total. The van der Waals surface area contributed by atoms with E-state index in [2.05, 4.69) is 69.2 Å². The van der Waals surface area contributed by atoms with Gasteiger partial charge in [-0.1, -0.05) is 81.0 Å². The van der Waals surface area contributed by atoms with Crippen LogP contribution >= 0.6 is 11.8 Å². The molecular weight excluding hydrogens is 264 g/mol.